The molecule has 13 heavy (non-hydrogen) atoms. The Morgan fingerprint density at radius 2 is 2.15 bits per heavy atom. The summed E-state index contributed by atoms with van der Waals surface area (Å²) in [5.41, 5.74) is 0. The molecule has 1 aliphatic rings. The largest absolute Gasteiger partial charge is 0.373 e. The molecule has 0 aliphatic carbocycles. The van der Waals surface area contributed by atoms with Gasteiger partial charge in [0.2, 0.25) is 0 Å². The number of hydrogen-bond acceptors (Lipinski definition) is 2. The van der Waals surface area contributed by atoms with Crippen LogP contribution in [0.2, 0.25) is 0 Å². The van der Waals surface area contributed by atoms with Gasteiger partial charge in [0.25, 0.3) is 6.43 Å². The first-order chi connectivity index (χ1) is 6.15. The van der Waals surface area contributed by atoms with E-state index in [1.54, 1.807) is 0 Å². The second kappa shape index (κ2) is 4.86. The molecule has 2 nitrogen and oxygen atoms in total. The van der Waals surface area contributed by atoms with Gasteiger partial charge in [-0.3, -0.25) is 0 Å². The standard InChI is InChI=1S/C9H17F2NO/c1-3-12-8(9(10)11)7-5-4-6(2)13-7/h6-9,12H,3-5H2,1-2H3. The first-order valence-electron chi connectivity index (χ1n) is 4.82. The van der Waals surface area contributed by atoms with Crippen LogP contribution in [0, 0.1) is 0 Å². The van der Waals surface area contributed by atoms with Crippen LogP contribution in [0.25, 0.3) is 0 Å². The lowest BCUT2D eigenvalue weighted by Gasteiger charge is -2.23. The van der Waals surface area contributed by atoms with Gasteiger partial charge < -0.3 is 10.1 Å². The quantitative estimate of drug-likeness (QED) is 0.735. The maximum Gasteiger partial charge on any atom is 0.256 e. The second-order valence-electron chi connectivity index (χ2n) is 3.48. The lowest BCUT2D eigenvalue weighted by atomic mass is 10.1. The third kappa shape index (κ3) is 2.88. The Labute approximate surface area is 77.6 Å². The predicted octanol–water partition coefficient (Wildman–Crippen LogP) is 1.80. The molecular formula is C9H17F2NO. The van der Waals surface area contributed by atoms with Crippen LogP contribution in [-0.2, 0) is 4.74 Å². The average molecular weight is 193 g/mol. The van der Waals surface area contributed by atoms with Gasteiger partial charge in [0.05, 0.1) is 18.2 Å². The molecule has 1 aliphatic heterocycles. The molecule has 3 unspecified atom stereocenters. The van der Waals surface area contributed by atoms with Crippen molar-refractivity contribution in [1.82, 2.24) is 5.32 Å². The summed E-state index contributed by atoms with van der Waals surface area (Å²) in [6.07, 6.45) is -0.891. The van der Waals surface area contributed by atoms with Gasteiger partial charge in [0, 0.05) is 0 Å². The zero-order valence-electron chi connectivity index (χ0n) is 8.09. The summed E-state index contributed by atoms with van der Waals surface area (Å²) in [5, 5.41) is 2.77. The van der Waals surface area contributed by atoms with E-state index >= 15 is 0 Å². The summed E-state index contributed by atoms with van der Waals surface area (Å²) in [5.74, 6) is 0. The fourth-order valence-corrected chi connectivity index (χ4v) is 1.72. The van der Waals surface area contributed by atoms with E-state index in [4.69, 9.17) is 4.74 Å². The van der Waals surface area contributed by atoms with Crippen molar-refractivity contribution < 1.29 is 13.5 Å². The molecule has 3 atom stereocenters. The van der Waals surface area contributed by atoms with E-state index in [1.807, 2.05) is 13.8 Å². The highest BCUT2D eigenvalue weighted by molar-refractivity contribution is 4.84. The molecule has 0 aromatic carbocycles. The summed E-state index contributed by atoms with van der Waals surface area (Å²) in [4.78, 5) is 0. The Morgan fingerprint density at radius 1 is 1.46 bits per heavy atom. The fraction of sp³-hybridized carbons (Fsp3) is 1.00. The number of rotatable bonds is 4. The molecule has 0 amide bonds. The number of alkyl halides is 2. The Bertz CT molecular complexity index is 155. The van der Waals surface area contributed by atoms with Crippen molar-refractivity contribution in [3.63, 3.8) is 0 Å². The van der Waals surface area contributed by atoms with Gasteiger partial charge in [-0.2, -0.15) is 0 Å². The van der Waals surface area contributed by atoms with Crippen LogP contribution in [0.5, 0.6) is 0 Å². The summed E-state index contributed by atoms with van der Waals surface area (Å²) in [7, 11) is 0. The minimum atomic E-state index is -2.34. The number of likely N-dealkylation sites (N-methyl/N-ethyl adjacent to an activating group) is 1. The van der Waals surface area contributed by atoms with Crippen LogP contribution >= 0.6 is 0 Å². The van der Waals surface area contributed by atoms with Crippen molar-refractivity contribution in [2.75, 3.05) is 6.54 Å². The third-order valence-corrected chi connectivity index (χ3v) is 2.38. The minimum absolute atomic E-state index is 0.130. The maximum absolute atomic E-state index is 12.5. The van der Waals surface area contributed by atoms with Crippen molar-refractivity contribution in [3.8, 4) is 0 Å². The van der Waals surface area contributed by atoms with Crippen LogP contribution in [0.4, 0.5) is 8.78 Å². The zero-order valence-corrected chi connectivity index (χ0v) is 8.09. The Hall–Kier alpha value is -0.220. The van der Waals surface area contributed by atoms with Gasteiger partial charge in [-0.25, -0.2) is 8.78 Å². The van der Waals surface area contributed by atoms with E-state index in [1.165, 1.54) is 0 Å². The molecule has 0 aromatic rings. The molecule has 1 saturated heterocycles. The summed E-state index contributed by atoms with van der Waals surface area (Å²) in [6, 6.07) is -0.796. The third-order valence-electron chi connectivity index (χ3n) is 2.38. The predicted molar refractivity (Wildman–Crippen MR) is 47.0 cm³/mol. The highest BCUT2D eigenvalue weighted by atomic mass is 19.3. The molecule has 1 N–H and O–H groups in total. The number of hydrogen-bond donors (Lipinski definition) is 1. The fourth-order valence-electron chi connectivity index (χ4n) is 1.72. The lowest BCUT2D eigenvalue weighted by Crippen LogP contribution is -2.45. The molecule has 0 saturated carbocycles. The van der Waals surface area contributed by atoms with Crippen molar-refractivity contribution >= 4 is 0 Å². The van der Waals surface area contributed by atoms with Gasteiger partial charge in [0.15, 0.2) is 0 Å². The molecule has 4 heteroatoms. The molecule has 1 fully saturated rings. The van der Waals surface area contributed by atoms with Gasteiger partial charge in [-0.1, -0.05) is 6.92 Å². The normalized spacial score (nSPS) is 31.2. The van der Waals surface area contributed by atoms with Crippen molar-refractivity contribution in [2.45, 2.75) is 51.4 Å². The van der Waals surface area contributed by atoms with E-state index in [0.29, 0.717) is 6.54 Å². The van der Waals surface area contributed by atoms with Crippen LogP contribution in [0.15, 0.2) is 0 Å². The molecule has 78 valence electrons. The summed E-state index contributed by atoms with van der Waals surface area (Å²) < 4.78 is 30.4. The number of ether oxygens (including phenoxy) is 1. The van der Waals surface area contributed by atoms with E-state index in [-0.39, 0.29) is 12.2 Å². The van der Waals surface area contributed by atoms with E-state index < -0.39 is 12.5 Å². The molecular weight excluding hydrogens is 176 g/mol. The Morgan fingerprint density at radius 3 is 2.54 bits per heavy atom. The zero-order chi connectivity index (χ0) is 9.84. The first kappa shape index (κ1) is 10.9. The van der Waals surface area contributed by atoms with Crippen LogP contribution < -0.4 is 5.32 Å². The average Bonchev–Trinajstić information content (AvgIpc) is 2.46. The summed E-state index contributed by atoms with van der Waals surface area (Å²) in [6.45, 7) is 4.31. The van der Waals surface area contributed by atoms with E-state index in [2.05, 4.69) is 5.32 Å². The van der Waals surface area contributed by atoms with E-state index in [9.17, 15) is 8.78 Å². The van der Waals surface area contributed by atoms with Crippen LogP contribution in [-0.4, -0.2) is 31.2 Å². The lowest BCUT2D eigenvalue weighted by molar-refractivity contribution is -0.0201. The van der Waals surface area contributed by atoms with Crippen molar-refractivity contribution in [1.29, 1.82) is 0 Å². The molecule has 0 aromatic heterocycles. The van der Waals surface area contributed by atoms with Gasteiger partial charge in [-0.05, 0) is 26.3 Å². The second-order valence-corrected chi connectivity index (χ2v) is 3.48. The SMILES string of the molecule is CCNC(C(F)F)C1CCC(C)O1. The van der Waals surface area contributed by atoms with E-state index in [0.717, 1.165) is 12.8 Å². The van der Waals surface area contributed by atoms with Gasteiger partial charge in [-0.15, -0.1) is 0 Å². The topological polar surface area (TPSA) is 21.3 Å². The summed E-state index contributed by atoms with van der Waals surface area (Å²) >= 11 is 0. The van der Waals surface area contributed by atoms with Crippen molar-refractivity contribution in [3.05, 3.63) is 0 Å². The van der Waals surface area contributed by atoms with Crippen LogP contribution in [0.3, 0.4) is 0 Å². The molecule has 0 bridgehead atoms. The molecule has 0 spiro atoms. The van der Waals surface area contributed by atoms with Crippen molar-refractivity contribution in [2.24, 2.45) is 0 Å². The van der Waals surface area contributed by atoms with Crippen LogP contribution in [0.1, 0.15) is 26.7 Å². The monoisotopic (exact) mass is 193 g/mol. The Balaban J connectivity index is 2.44. The van der Waals surface area contributed by atoms with Gasteiger partial charge in [0.1, 0.15) is 0 Å². The molecule has 0 radical (unpaired) electrons. The van der Waals surface area contributed by atoms with Gasteiger partial charge >= 0.3 is 0 Å². The highest BCUT2D eigenvalue weighted by Gasteiger charge is 2.34. The number of nitrogens with one attached hydrogen (secondary N) is 1. The highest BCUT2D eigenvalue weighted by Crippen LogP contribution is 2.24. The minimum Gasteiger partial charge on any atom is -0.373 e. The smallest absolute Gasteiger partial charge is 0.256 e. The Kier molecular flexibility index (Phi) is 4.06. The molecule has 1 heterocycles. The first-order valence-corrected chi connectivity index (χ1v) is 4.82. The maximum atomic E-state index is 12.5. The molecule has 1 rings (SSSR count). The number of halogens is 2.